The van der Waals surface area contributed by atoms with Crippen molar-refractivity contribution in [3.63, 3.8) is 0 Å². The number of halogens is 1. The van der Waals surface area contributed by atoms with Crippen molar-refractivity contribution in [2.45, 2.75) is 17.9 Å². The largest absolute Gasteiger partial charge is 0.438 e. The van der Waals surface area contributed by atoms with Crippen LogP contribution in [0.2, 0.25) is 0 Å². The lowest BCUT2D eigenvalue weighted by molar-refractivity contribution is 0.0991. The predicted octanol–water partition coefficient (Wildman–Crippen LogP) is 3.58. The van der Waals surface area contributed by atoms with Crippen molar-refractivity contribution >= 4 is 32.4 Å². The van der Waals surface area contributed by atoms with Crippen molar-refractivity contribution < 1.29 is 22.0 Å². The molecule has 3 heterocycles. The maximum atomic E-state index is 13.0. The number of nitrogens with one attached hydrogen (secondary N) is 1. The summed E-state index contributed by atoms with van der Waals surface area (Å²) in [4.78, 5) is 16.7. The van der Waals surface area contributed by atoms with Gasteiger partial charge in [-0.25, -0.2) is 17.8 Å². The Hall–Kier alpha value is -2.56. The smallest absolute Gasteiger partial charge is 0.293 e. The summed E-state index contributed by atoms with van der Waals surface area (Å²) in [5.74, 6) is -1.05. The molecule has 1 aromatic carbocycles. The molecule has 7 nitrogen and oxygen atoms in total. The van der Waals surface area contributed by atoms with Gasteiger partial charge < -0.3 is 4.42 Å². The van der Waals surface area contributed by atoms with Crippen LogP contribution >= 0.6 is 11.3 Å². The van der Waals surface area contributed by atoms with Crippen LogP contribution in [-0.2, 0) is 10.0 Å². The monoisotopic (exact) mass is 421 g/mol. The number of anilines is 1. The Morgan fingerprint density at radius 1 is 1.14 bits per heavy atom. The fourth-order valence-electron chi connectivity index (χ4n) is 2.88. The molecular formula is C18H16FN3O4S2. The Labute approximate surface area is 164 Å². The Morgan fingerprint density at radius 2 is 1.86 bits per heavy atom. The molecule has 28 heavy (non-hydrogen) atoms. The molecule has 0 unspecified atom stereocenters. The molecule has 1 fully saturated rings. The van der Waals surface area contributed by atoms with Crippen molar-refractivity contribution in [2.24, 2.45) is 0 Å². The molecular weight excluding hydrogens is 405 g/mol. The van der Waals surface area contributed by atoms with Gasteiger partial charge in [-0.15, -0.1) is 11.3 Å². The minimum Gasteiger partial charge on any atom is -0.438 e. The van der Waals surface area contributed by atoms with Crippen molar-refractivity contribution in [1.82, 2.24) is 9.29 Å². The topological polar surface area (TPSA) is 92.5 Å². The van der Waals surface area contributed by atoms with Crippen LogP contribution in [0, 0.1) is 5.82 Å². The molecule has 146 valence electrons. The van der Waals surface area contributed by atoms with Gasteiger partial charge in [-0.05, 0) is 49.2 Å². The standard InChI is InChI=1S/C18H16FN3O4S2/c19-13-5-3-12(4-6-13)14-11-27-18(20-14)21-17(23)15-7-8-16(26-15)28(24,25)22-9-1-2-10-22/h3-8,11H,1-2,9-10H2,(H,20,21,23). The predicted molar refractivity (Wildman–Crippen MR) is 102 cm³/mol. The number of rotatable bonds is 5. The quantitative estimate of drug-likeness (QED) is 0.680. The Morgan fingerprint density at radius 3 is 2.57 bits per heavy atom. The SMILES string of the molecule is O=C(Nc1nc(-c2ccc(F)cc2)cs1)c1ccc(S(=O)(=O)N2CCCC2)o1. The van der Waals surface area contributed by atoms with Gasteiger partial charge in [0.05, 0.1) is 5.69 Å². The van der Waals surface area contributed by atoms with E-state index >= 15 is 0 Å². The second kappa shape index (κ2) is 7.46. The molecule has 0 saturated carbocycles. The van der Waals surface area contributed by atoms with Gasteiger partial charge in [0.2, 0.25) is 5.09 Å². The van der Waals surface area contributed by atoms with Gasteiger partial charge in [-0.1, -0.05) is 0 Å². The third kappa shape index (κ3) is 3.71. The van der Waals surface area contributed by atoms with Gasteiger partial charge in [0.15, 0.2) is 10.9 Å². The zero-order chi connectivity index (χ0) is 19.7. The van der Waals surface area contributed by atoms with E-state index in [4.69, 9.17) is 4.42 Å². The normalized spacial score (nSPS) is 15.0. The molecule has 0 bridgehead atoms. The fourth-order valence-corrected chi connectivity index (χ4v) is 5.02. The van der Waals surface area contributed by atoms with Crippen LogP contribution in [0.4, 0.5) is 9.52 Å². The van der Waals surface area contributed by atoms with Crippen LogP contribution in [0.15, 0.2) is 51.3 Å². The number of nitrogens with zero attached hydrogens (tertiary/aromatic N) is 2. The minimum atomic E-state index is -3.72. The number of hydrogen-bond donors (Lipinski definition) is 1. The first-order valence-corrected chi connectivity index (χ1v) is 10.9. The van der Waals surface area contributed by atoms with E-state index in [0.29, 0.717) is 23.9 Å². The number of furan rings is 1. The van der Waals surface area contributed by atoms with Gasteiger partial charge in [0, 0.05) is 24.0 Å². The highest BCUT2D eigenvalue weighted by molar-refractivity contribution is 7.89. The maximum Gasteiger partial charge on any atom is 0.293 e. The molecule has 10 heteroatoms. The molecule has 3 aromatic rings. The highest BCUT2D eigenvalue weighted by atomic mass is 32.2. The van der Waals surface area contributed by atoms with Gasteiger partial charge in [-0.3, -0.25) is 10.1 Å². The van der Waals surface area contributed by atoms with E-state index in [2.05, 4.69) is 10.3 Å². The lowest BCUT2D eigenvalue weighted by Gasteiger charge is -2.12. The molecule has 1 N–H and O–H groups in total. The zero-order valence-corrected chi connectivity index (χ0v) is 16.2. The molecule has 2 aromatic heterocycles. The molecule has 4 rings (SSSR count). The number of carbonyl (C=O) groups is 1. The van der Waals surface area contributed by atoms with E-state index in [1.54, 1.807) is 17.5 Å². The number of carbonyl (C=O) groups excluding carboxylic acids is 1. The second-order valence-corrected chi connectivity index (χ2v) is 8.96. The lowest BCUT2D eigenvalue weighted by Crippen LogP contribution is -2.27. The third-order valence-electron chi connectivity index (χ3n) is 4.33. The summed E-state index contributed by atoms with van der Waals surface area (Å²) in [5.41, 5.74) is 1.31. The summed E-state index contributed by atoms with van der Waals surface area (Å²) in [6.45, 7) is 0.908. The van der Waals surface area contributed by atoms with E-state index in [9.17, 15) is 17.6 Å². The summed E-state index contributed by atoms with van der Waals surface area (Å²) in [7, 11) is -3.72. The summed E-state index contributed by atoms with van der Waals surface area (Å²) in [5, 5.41) is 4.40. The number of sulfonamides is 1. The fraction of sp³-hybridized carbons (Fsp3) is 0.222. The van der Waals surface area contributed by atoms with Crippen LogP contribution in [0.1, 0.15) is 23.4 Å². The number of thiazole rings is 1. The number of benzene rings is 1. The molecule has 0 spiro atoms. The second-order valence-electron chi connectivity index (χ2n) is 6.23. The van der Waals surface area contributed by atoms with Crippen LogP contribution in [0.5, 0.6) is 0 Å². The molecule has 1 aliphatic rings. The molecule has 0 atom stereocenters. The summed E-state index contributed by atoms with van der Waals surface area (Å²) in [6.07, 6.45) is 1.63. The first-order valence-electron chi connectivity index (χ1n) is 8.56. The van der Waals surface area contributed by atoms with Crippen LogP contribution in [-0.4, -0.2) is 36.7 Å². The van der Waals surface area contributed by atoms with Crippen LogP contribution in [0.3, 0.4) is 0 Å². The Kier molecular flexibility index (Phi) is 5.00. The van der Waals surface area contributed by atoms with E-state index in [-0.39, 0.29) is 16.7 Å². The minimum absolute atomic E-state index is 0.115. The van der Waals surface area contributed by atoms with Crippen LogP contribution < -0.4 is 5.32 Å². The molecule has 1 aliphatic heterocycles. The van der Waals surface area contributed by atoms with Crippen molar-refractivity contribution in [3.8, 4) is 11.3 Å². The Bertz CT molecular complexity index is 1100. The van der Waals surface area contributed by atoms with Gasteiger partial charge in [0.1, 0.15) is 5.82 Å². The van der Waals surface area contributed by atoms with E-state index in [1.165, 1.54) is 39.9 Å². The molecule has 1 saturated heterocycles. The average molecular weight is 421 g/mol. The zero-order valence-electron chi connectivity index (χ0n) is 14.6. The molecule has 0 aliphatic carbocycles. The van der Waals surface area contributed by atoms with E-state index in [0.717, 1.165) is 18.4 Å². The Balaban J connectivity index is 1.47. The van der Waals surface area contributed by atoms with Crippen molar-refractivity contribution in [3.05, 3.63) is 53.4 Å². The average Bonchev–Trinajstić information content (AvgIpc) is 3.43. The highest BCUT2D eigenvalue weighted by Crippen LogP contribution is 2.26. The van der Waals surface area contributed by atoms with Gasteiger partial charge >= 0.3 is 0 Å². The number of amides is 1. The van der Waals surface area contributed by atoms with E-state index < -0.39 is 15.9 Å². The number of aromatic nitrogens is 1. The van der Waals surface area contributed by atoms with Gasteiger partial charge in [0.25, 0.3) is 15.9 Å². The highest BCUT2D eigenvalue weighted by Gasteiger charge is 2.30. The number of hydrogen-bond acceptors (Lipinski definition) is 6. The summed E-state index contributed by atoms with van der Waals surface area (Å²) in [6, 6.07) is 8.47. The van der Waals surface area contributed by atoms with E-state index in [1.807, 2.05) is 0 Å². The summed E-state index contributed by atoms with van der Waals surface area (Å²) < 4.78 is 44.6. The van der Waals surface area contributed by atoms with Crippen molar-refractivity contribution in [2.75, 3.05) is 18.4 Å². The maximum absolute atomic E-state index is 13.0. The van der Waals surface area contributed by atoms with Gasteiger partial charge in [-0.2, -0.15) is 4.31 Å². The first-order chi connectivity index (χ1) is 13.4. The third-order valence-corrected chi connectivity index (χ3v) is 6.86. The molecule has 1 amide bonds. The van der Waals surface area contributed by atoms with Crippen LogP contribution in [0.25, 0.3) is 11.3 Å². The molecule has 0 radical (unpaired) electrons. The van der Waals surface area contributed by atoms with Crippen molar-refractivity contribution in [1.29, 1.82) is 0 Å². The first kappa shape index (κ1) is 18.8. The summed E-state index contributed by atoms with van der Waals surface area (Å²) >= 11 is 1.20. The lowest BCUT2D eigenvalue weighted by atomic mass is 10.2.